The van der Waals surface area contributed by atoms with E-state index in [9.17, 15) is 9.18 Å². The standard InChI is InChI=1S/C15H21FN2O/c1-11(2)17-14-7-9-18(15(14)19)8-6-12-4-3-5-13(16)10-12/h3-5,10-11,14,17H,6-9H2,1-2H3. The fraction of sp³-hybridized carbons (Fsp3) is 0.533. The number of rotatable bonds is 5. The summed E-state index contributed by atoms with van der Waals surface area (Å²) in [5, 5.41) is 3.28. The Balaban J connectivity index is 1.86. The third-order valence-electron chi connectivity index (χ3n) is 3.39. The maximum atomic E-state index is 13.1. The number of hydrogen-bond acceptors (Lipinski definition) is 2. The number of nitrogens with zero attached hydrogens (tertiary/aromatic N) is 1. The van der Waals surface area contributed by atoms with Crippen LogP contribution < -0.4 is 5.32 Å². The minimum absolute atomic E-state index is 0.0486. The third kappa shape index (κ3) is 3.77. The molecule has 1 aliphatic heterocycles. The van der Waals surface area contributed by atoms with Crippen LogP contribution in [0.5, 0.6) is 0 Å². The molecule has 0 radical (unpaired) electrons. The second-order valence-corrected chi connectivity index (χ2v) is 5.37. The average Bonchev–Trinajstić information content (AvgIpc) is 2.68. The number of likely N-dealkylation sites (tertiary alicyclic amines) is 1. The minimum atomic E-state index is -0.218. The van der Waals surface area contributed by atoms with Gasteiger partial charge in [0, 0.05) is 19.1 Å². The molecule has 1 atom stereocenters. The Labute approximate surface area is 113 Å². The van der Waals surface area contributed by atoms with E-state index in [0.29, 0.717) is 19.0 Å². The maximum Gasteiger partial charge on any atom is 0.239 e. The number of amides is 1. The van der Waals surface area contributed by atoms with Gasteiger partial charge in [0.1, 0.15) is 5.82 Å². The van der Waals surface area contributed by atoms with E-state index < -0.39 is 0 Å². The van der Waals surface area contributed by atoms with Gasteiger partial charge in [-0.2, -0.15) is 0 Å². The lowest BCUT2D eigenvalue weighted by Gasteiger charge is -2.18. The Morgan fingerprint density at radius 1 is 1.47 bits per heavy atom. The highest BCUT2D eigenvalue weighted by atomic mass is 19.1. The predicted molar refractivity (Wildman–Crippen MR) is 73.4 cm³/mol. The van der Waals surface area contributed by atoms with Gasteiger partial charge in [-0.3, -0.25) is 4.79 Å². The molecule has 2 rings (SSSR count). The van der Waals surface area contributed by atoms with Crippen LogP contribution in [0, 0.1) is 5.82 Å². The van der Waals surface area contributed by atoms with Crippen molar-refractivity contribution >= 4 is 5.91 Å². The molecule has 4 heteroatoms. The molecule has 1 aromatic carbocycles. The van der Waals surface area contributed by atoms with Gasteiger partial charge in [0.15, 0.2) is 0 Å². The smallest absolute Gasteiger partial charge is 0.239 e. The van der Waals surface area contributed by atoms with Gasteiger partial charge in [-0.25, -0.2) is 4.39 Å². The second kappa shape index (κ2) is 6.15. The molecule has 1 aliphatic rings. The highest BCUT2D eigenvalue weighted by Crippen LogP contribution is 2.13. The first-order valence-corrected chi connectivity index (χ1v) is 6.85. The van der Waals surface area contributed by atoms with Crippen molar-refractivity contribution in [3.05, 3.63) is 35.6 Å². The number of carbonyl (C=O) groups excluding carboxylic acids is 1. The lowest BCUT2D eigenvalue weighted by atomic mass is 10.1. The topological polar surface area (TPSA) is 32.3 Å². The number of halogens is 1. The van der Waals surface area contributed by atoms with Crippen LogP contribution in [0.1, 0.15) is 25.8 Å². The van der Waals surface area contributed by atoms with Crippen LogP contribution in [0.25, 0.3) is 0 Å². The first-order chi connectivity index (χ1) is 9.06. The highest BCUT2D eigenvalue weighted by Gasteiger charge is 2.31. The van der Waals surface area contributed by atoms with E-state index in [4.69, 9.17) is 0 Å². The largest absolute Gasteiger partial charge is 0.341 e. The van der Waals surface area contributed by atoms with Crippen molar-refractivity contribution in [2.24, 2.45) is 0 Å². The molecule has 3 nitrogen and oxygen atoms in total. The molecule has 0 aromatic heterocycles. The summed E-state index contributed by atoms with van der Waals surface area (Å²) >= 11 is 0. The Bertz CT molecular complexity index is 448. The van der Waals surface area contributed by atoms with Crippen molar-refractivity contribution in [3.63, 3.8) is 0 Å². The van der Waals surface area contributed by atoms with E-state index in [1.165, 1.54) is 12.1 Å². The minimum Gasteiger partial charge on any atom is -0.341 e. The molecule has 1 amide bonds. The third-order valence-corrected chi connectivity index (χ3v) is 3.39. The first-order valence-electron chi connectivity index (χ1n) is 6.85. The number of benzene rings is 1. The molecular weight excluding hydrogens is 243 g/mol. The molecule has 19 heavy (non-hydrogen) atoms. The normalized spacial score (nSPS) is 19.5. The zero-order valence-electron chi connectivity index (χ0n) is 11.5. The lowest BCUT2D eigenvalue weighted by molar-refractivity contribution is -0.129. The summed E-state index contributed by atoms with van der Waals surface area (Å²) in [5.41, 5.74) is 0.938. The van der Waals surface area contributed by atoms with Crippen molar-refractivity contribution in [1.29, 1.82) is 0 Å². The van der Waals surface area contributed by atoms with E-state index in [2.05, 4.69) is 5.32 Å². The summed E-state index contributed by atoms with van der Waals surface area (Å²) in [4.78, 5) is 14.0. The van der Waals surface area contributed by atoms with Gasteiger partial charge in [0.25, 0.3) is 0 Å². The van der Waals surface area contributed by atoms with Crippen LogP contribution in [0.15, 0.2) is 24.3 Å². The number of nitrogens with one attached hydrogen (secondary N) is 1. The van der Waals surface area contributed by atoms with Gasteiger partial charge in [0.05, 0.1) is 6.04 Å². The summed E-state index contributed by atoms with van der Waals surface area (Å²) < 4.78 is 13.1. The van der Waals surface area contributed by atoms with Crippen LogP contribution in [0.4, 0.5) is 4.39 Å². The molecule has 1 N–H and O–H groups in total. The van der Waals surface area contributed by atoms with E-state index in [0.717, 1.165) is 18.5 Å². The molecule has 104 valence electrons. The average molecular weight is 264 g/mol. The van der Waals surface area contributed by atoms with Gasteiger partial charge in [-0.1, -0.05) is 26.0 Å². The van der Waals surface area contributed by atoms with Gasteiger partial charge < -0.3 is 10.2 Å². The van der Waals surface area contributed by atoms with Gasteiger partial charge >= 0.3 is 0 Å². The van der Waals surface area contributed by atoms with Gasteiger partial charge in [0.2, 0.25) is 5.91 Å². The molecule has 0 saturated carbocycles. The van der Waals surface area contributed by atoms with Crippen molar-refractivity contribution < 1.29 is 9.18 Å². The van der Waals surface area contributed by atoms with Gasteiger partial charge in [-0.05, 0) is 30.5 Å². The van der Waals surface area contributed by atoms with E-state index >= 15 is 0 Å². The maximum absolute atomic E-state index is 13.1. The Hall–Kier alpha value is -1.42. The molecule has 0 bridgehead atoms. The molecule has 1 heterocycles. The summed E-state index contributed by atoms with van der Waals surface area (Å²) in [6, 6.07) is 6.84. The molecule has 1 saturated heterocycles. The van der Waals surface area contributed by atoms with E-state index in [1.807, 2.05) is 24.8 Å². The Morgan fingerprint density at radius 2 is 2.26 bits per heavy atom. The second-order valence-electron chi connectivity index (χ2n) is 5.37. The predicted octanol–water partition coefficient (Wildman–Crippen LogP) is 1.97. The first kappa shape index (κ1) is 14.0. The van der Waals surface area contributed by atoms with Crippen LogP contribution in [0.2, 0.25) is 0 Å². The molecule has 1 unspecified atom stereocenters. The molecule has 0 aliphatic carbocycles. The fourth-order valence-electron chi connectivity index (χ4n) is 2.47. The zero-order chi connectivity index (χ0) is 13.8. The summed E-state index contributed by atoms with van der Waals surface area (Å²) in [6.45, 7) is 5.54. The quantitative estimate of drug-likeness (QED) is 0.882. The Kier molecular flexibility index (Phi) is 4.53. The SMILES string of the molecule is CC(C)NC1CCN(CCc2cccc(F)c2)C1=O. The summed E-state index contributed by atoms with van der Waals surface area (Å²) in [6.07, 6.45) is 1.57. The molecular formula is C15H21FN2O. The zero-order valence-corrected chi connectivity index (χ0v) is 11.5. The van der Waals surface area contributed by atoms with Crippen molar-refractivity contribution in [2.45, 2.75) is 38.8 Å². The van der Waals surface area contributed by atoms with Crippen LogP contribution in [0.3, 0.4) is 0 Å². The fourth-order valence-corrected chi connectivity index (χ4v) is 2.47. The van der Waals surface area contributed by atoms with Crippen LogP contribution in [-0.2, 0) is 11.2 Å². The molecule has 0 spiro atoms. The molecule has 1 fully saturated rings. The molecule has 1 aromatic rings. The monoisotopic (exact) mass is 264 g/mol. The van der Waals surface area contributed by atoms with E-state index in [1.54, 1.807) is 6.07 Å². The van der Waals surface area contributed by atoms with Crippen LogP contribution in [-0.4, -0.2) is 36.0 Å². The highest BCUT2D eigenvalue weighted by molar-refractivity contribution is 5.84. The van der Waals surface area contributed by atoms with Crippen molar-refractivity contribution in [1.82, 2.24) is 10.2 Å². The van der Waals surface area contributed by atoms with Crippen LogP contribution >= 0.6 is 0 Å². The number of hydrogen-bond donors (Lipinski definition) is 1. The summed E-state index contributed by atoms with van der Waals surface area (Å²) in [7, 11) is 0. The van der Waals surface area contributed by atoms with E-state index in [-0.39, 0.29) is 17.8 Å². The van der Waals surface area contributed by atoms with Crippen molar-refractivity contribution in [3.8, 4) is 0 Å². The number of carbonyl (C=O) groups is 1. The Morgan fingerprint density at radius 3 is 2.95 bits per heavy atom. The van der Waals surface area contributed by atoms with Crippen molar-refractivity contribution in [2.75, 3.05) is 13.1 Å². The lowest BCUT2D eigenvalue weighted by Crippen LogP contribution is -2.41. The van der Waals surface area contributed by atoms with Gasteiger partial charge in [-0.15, -0.1) is 0 Å². The summed E-state index contributed by atoms with van der Waals surface area (Å²) in [5.74, 6) is -0.0466.